The molecule has 1 heterocycles. The first-order valence-corrected chi connectivity index (χ1v) is 13.4. The van der Waals surface area contributed by atoms with Crippen LogP contribution < -0.4 is 14.9 Å². The molecule has 0 saturated carbocycles. The minimum Gasteiger partial charge on any atom is -0.369 e. The van der Waals surface area contributed by atoms with Crippen LogP contribution in [0.2, 0.25) is 0 Å². The molecule has 0 bridgehead atoms. The summed E-state index contributed by atoms with van der Waals surface area (Å²) >= 11 is 0. The average molecular weight is 493 g/mol. The van der Waals surface area contributed by atoms with Crippen molar-refractivity contribution in [1.29, 1.82) is 0 Å². The summed E-state index contributed by atoms with van der Waals surface area (Å²) in [5.74, 6) is -0.272. The highest BCUT2D eigenvalue weighted by molar-refractivity contribution is 7.92. The van der Waals surface area contributed by atoms with E-state index in [9.17, 15) is 13.2 Å². The van der Waals surface area contributed by atoms with Crippen molar-refractivity contribution in [3.63, 3.8) is 0 Å². The summed E-state index contributed by atoms with van der Waals surface area (Å²) in [7, 11) is -3.79. The molecule has 0 spiro atoms. The molecule has 0 atom stereocenters. The summed E-state index contributed by atoms with van der Waals surface area (Å²) in [6.45, 7) is 7.37. The second kappa shape index (κ2) is 11.4. The maximum Gasteiger partial charge on any atom is 0.261 e. The van der Waals surface area contributed by atoms with E-state index in [1.165, 1.54) is 17.8 Å². The van der Waals surface area contributed by atoms with Gasteiger partial charge in [-0.15, -0.1) is 0 Å². The second-order valence-corrected chi connectivity index (χ2v) is 10.5. The number of piperazine rings is 1. The van der Waals surface area contributed by atoms with E-state index in [0.29, 0.717) is 17.8 Å². The third-order valence-electron chi connectivity index (χ3n) is 6.14. The molecule has 3 aromatic carbocycles. The Labute approximate surface area is 207 Å². The van der Waals surface area contributed by atoms with Gasteiger partial charge in [0.2, 0.25) is 0 Å². The highest BCUT2D eigenvalue weighted by atomic mass is 32.2. The van der Waals surface area contributed by atoms with Crippen molar-refractivity contribution in [2.45, 2.75) is 18.2 Å². The van der Waals surface area contributed by atoms with E-state index in [4.69, 9.17) is 0 Å². The first-order chi connectivity index (χ1) is 16.9. The number of anilines is 2. The molecule has 7 nitrogen and oxygen atoms in total. The smallest absolute Gasteiger partial charge is 0.261 e. The Balaban J connectivity index is 1.23. The van der Waals surface area contributed by atoms with Crippen LogP contribution in [0, 0.1) is 6.92 Å². The van der Waals surface area contributed by atoms with Crippen molar-refractivity contribution in [2.75, 3.05) is 48.9 Å². The monoisotopic (exact) mass is 492 g/mol. The van der Waals surface area contributed by atoms with Gasteiger partial charge in [0.05, 0.1) is 4.90 Å². The van der Waals surface area contributed by atoms with Gasteiger partial charge in [0.25, 0.3) is 15.9 Å². The van der Waals surface area contributed by atoms with Crippen LogP contribution in [0.25, 0.3) is 0 Å². The number of hydrogen-bond acceptors (Lipinski definition) is 5. The zero-order valence-electron chi connectivity index (χ0n) is 20.0. The molecule has 8 heteroatoms. The van der Waals surface area contributed by atoms with E-state index in [1.807, 2.05) is 25.1 Å². The number of sulfonamides is 1. The average Bonchev–Trinajstić information content (AvgIpc) is 2.89. The normalized spacial score (nSPS) is 14.5. The molecule has 2 N–H and O–H groups in total. The lowest BCUT2D eigenvalue weighted by atomic mass is 10.2. The Morgan fingerprint density at radius 1 is 0.886 bits per heavy atom. The van der Waals surface area contributed by atoms with E-state index in [1.54, 1.807) is 24.3 Å². The molecule has 184 valence electrons. The quantitative estimate of drug-likeness (QED) is 0.445. The molecule has 1 fully saturated rings. The number of carbonyl (C=O) groups excluding carboxylic acids is 1. The zero-order chi connectivity index (χ0) is 24.7. The van der Waals surface area contributed by atoms with Crippen LogP contribution in [-0.4, -0.2) is 58.5 Å². The third kappa shape index (κ3) is 6.83. The molecule has 1 aliphatic rings. The van der Waals surface area contributed by atoms with E-state index >= 15 is 0 Å². The van der Waals surface area contributed by atoms with Crippen LogP contribution in [0.15, 0.2) is 83.8 Å². The Morgan fingerprint density at radius 2 is 1.60 bits per heavy atom. The number of amides is 1. The van der Waals surface area contributed by atoms with Crippen molar-refractivity contribution in [1.82, 2.24) is 10.2 Å². The molecule has 35 heavy (non-hydrogen) atoms. The Bertz CT molecular complexity index is 1220. The second-order valence-electron chi connectivity index (χ2n) is 8.77. The molecular formula is C27H32N4O3S. The van der Waals surface area contributed by atoms with E-state index in [-0.39, 0.29) is 10.8 Å². The van der Waals surface area contributed by atoms with Crippen LogP contribution >= 0.6 is 0 Å². The van der Waals surface area contributed by atoms with Gasteiger partial charge in [0, 0.05) is 49.7 Å². The summed E-state index contributed by atoms with van der Waals surface area (Å²) in [5, 5.41) is 2.92. The molecule has 1 saturated heterocycles. The standard InChI is InChI=1S/C27H32N4O3S/c1-22-11-13-24(14-12-22)29-35(33,34)26-10-5-7-23(21-26)27(32)28-15-6-16-30-17-19-31(20-18-30)25-8-3-2-4-9-25/h2-5,7-14,21,29H,6,15-20H2,1H3,(H,28,32). The van der Waals surface area contributed by atoms with E-state index in [2.05, 4.69) is 44.1 Å². The highest BCUT2D eigenvalue weighted by Gasteiger charge is 2.18. The summed E-state index contributed by atoms with van der Waals surface area (Å²) in [6, 6.07) is 23.7. The fraction of sp³-hybridized carbons (Fsp3) is 0.296. The predicted octanol–water partition coefficient (Wildman–Crippen LogP) is 3.74. The van der Waals surface area contributed by atoms with Crippen LogP contribution in [0.1, 0.15) is 22.3 Å². The Kier molecular flexibility index (Phi) is 8.05. The maximum atomic E-state index is 12.8. The fourth-order valence-electron chi connectivity index (χ4n) is 4.12. The molecule has 4 rings (SSSR count). The van der Waals surface area contributed by atoms with Gasteiger partial charge in [-0.1, -0.05) is 42.0 Å². The molecule has 0 aliphatic carbocycles. The summed E-state index contributed by atoms with van der Waals surface area (Å²) < 4.78 is 28.1. The molecule has 1 amide bonds. The van der Waals surface area contributed by atoms with Crippen molar-refractivity contribution in [3.05, 3.63) is 90.0 Å². The lowest BCUT2D eigenvalue weighted by Crippen LogP contribution is -2.47. The van der Waals surface area contributed by atoms with Crippen molar-refractivity contribution in [2.24, 2.45) is 0 Å². The fourth-order valence-corrected chi connectivity index (χ4v) is 5.22. The maximum absolute atomic E-state index is 12.8. The number of benzene rings is 3. The number of hydrogen-bond donors (Lipinski definition) is 2. The number of rotatable bonds is 9. The van der Waals surface area contributed by atoms with E-state index in [0.717, 1.165) is 44.7 Å². The van der Waals surface area contributed by atoms with Crippen molar-refractivity contribution in [3.8, 4) is 0 Å². The van der Waals surface area contributed by atoms with Gasteiger partial charge >= 0.3 is 0 Å². The molecule has 0 radical (unpaired) electrons. The van der Waals surface area contributed by atoms with Crippen molar-refractivity contribution < 1.29 is 13.2 Å². The van der Waals surface area contributed by atoms with Gasteiger partial charge in [0.1, 0.15) is 0 Å². The van der Waals surface area contributed by atoms with Crippen LogP contribution in [0.5, 0.6) is 0 Å². The van der Waals surface area contributed by atoms with Gasteiger partial charge < -0.3 is 10.2 Å². The van der Waals surface area contributed by atoms with E-state index < -0.39 is 10.0 Å². The predicted molar refractivity (Wildman–Crippen MR) is 140 cm³/mol. The molecular weight excluding hydrogens is 460 g/mol. The molecule has 0 aromatic heterocycles. The van der Waals surface area contributed by atoms with Gasteiger partial charge in [-0.2, -0.15) is 0 Å². The van der Waals surface area contributed by atoms with Gasteiger partial charge in [-0.05, 0) is 62.4 Å². The molecule has 3 aromatic rings. The van der Waals surface area contributed by atoms with Crippen LogP contribution in [-0.2, 0) is 10.0 Å². The summed E-state index contributed by atoms with van der Waals surface area (Å²) in [5.41, 5.74) is 3.11. The SMILES string of the molecule is Cc1ccc(NS(=O)(=O)c2cccc(C(=O)NCCCN3CCN(c4ccccc4)CC3)c2)cc1. The van der Waals surface area contributed by atoms with Crippen LogP contribution in [0.3, 0.4) is 0 Å². The Hall–Kier alpha value is -3.36. The number of aryl methyl sites for hydroxylation is 1. The van der Waals surface area contributed by atoms with Gasteiger partial charge in [0.15, 0.2) is 0 Å². The molecule has 0 unspecified atom stereocenters. The largest absolute Gasteiger partial charge is 0.369 e. The van der Waals surface area contributed by atoms with Crippen LogP contribution in [0.4, 0.5) is 11.4 Å². The van der Waals surface area contributed by atoms with Gasteiger partial charge in [-0.3, -0.25) is 14.4 Å². The minimum atomic E-state index is -3.79. The lowest BCUT2D eigenvalue weighted by Gasteiger charge is -2.36. The summed E-state index contributed by atoms with van der Waals surface area (Å²) in [6.07, 6.45) is 0.837. The first-order valence-electron chi connectivity index (χ1n) is 11.9. The Morgan fingerprint density at radius 3 is 2.31 bits per heavy atom. The zero-order valence-corrected chi connectivity index (χ0v) is 20.8. The highest BCUT2D eigenvalue weighted by Crippen LogP contribution is 2.18. The third-order valence-corrected chi connectivity index (χ3v) is 7.52. The van der Waals surface area contributed by atoms with Crippen molar-refractivity contribution >= 4 is 27.3 Å². The lowest BCUT2D eigenvalue weighted by molar-refractivity contribution is 0.0951. The first kappa shape index (κ1) is 24.8. The summed E-state index contributed by atoms with van der Waals surface area (Å²) in [4.78, 5) is 17.5. The number of carbonyl (C=O) groups is 1. The number of para-hydroxylation sites is 1. The van der Waals surface area contributed by atoms with Gasteiger partial charge in [-0.25, -0.2) is 8.42 Å². The molecule has 1 aliphatic heterocycles. The number of nitrogens with zero attached hydrogens (tertiary/aromatic N) is 2. The minimum absolute atomic E-state index is 0.0574. The topological polar surface area (TPSA) is 81.7 Å². The number of nitrogens with one attached hydrogen (secondary N) is 2.